The Hall–Kier alpha value is -2.80. The summed E-state index contributed by atoms with van der Waals surface area (Å²) in [5.41, 5.74) is 2.73. The Morgan fingerprint density at radius 3 is 2.50 bits per heavy atom. The smallest absolute Gasteiger partial charge is 0.322 e. The van der Waals surface area contributed by atoms with Gasteiger partial charge in [0.1, 0.15) is 10.8 Å². The number of aromatic nitrogens is 3. The lowest BCUT2D eigenvalue weighted by Crippen LogP contribution is -2.42. The van der Waals surface area contributed by atoms with E-state index in [9.17, 15) is 4.79 Å². The molecule has 0 saturated carbocycles. The van der Waals surface area contributed by atoms with Crippen molar-refractivity contribution in [2.45, 2.75) is 46.2 Å². The van der Waals surface area contributed by atoms with Crippen LogP contribution < -0.4 is 10.2 Å². The molecular formula is C21H25N5OS. The van der Waals surface area contributed by atoms with E-state index in [2.05, 4.69) is 26.3 Å². The maximum Gasteiger partial charge on any atom is 0.322 e. The highest BCUT2D eigenvalue weighted by atomic mass is 32.1. The van der Waals surface area contributed by atoms with Crippen LogP contribution in [0.3, 0.4) is 0 Å². The SMILES string of the molecule is CC(C)NC(=O)N(Cc1cccc(-c2nccs2)c1)c1cnc(C(C)C)nc1. The van der Waals surface area contributed by atoms with Crippen molar-refractivity contribution in [3.8, 4) is 10.6 Å². The first-order valence-electron chi connectivity index (χ1n) is 9.33. The standard InChI is InChI=1S/C21H25N5OS/c1-14(2)19-23-11-18(12-24-19)26(21(27)25-15(3)4)13-16-6-5-7-17(10-16)20-22-8-9-28-20/h5-12,14-15H,13H2,1-4H3,(H,25,27). The summed E-state index contributed by atoms with van der Waals surface area (Å²) in [4.78, 5) is 27.7. The van der Waals surface area contributed by atoms with E-state index < -0.39 is 0 Å². The predicted octanol–water partition coefficient (Wildman–Crippen LogP) is 4.85. The molecular weight excluding hydrogens is 370 g/mol. The molecule has 0 unspecified atom stereocenters. The monoisotopic (exact) mass is 395 g/mol. The van der Waals surface area contributed by atoms with Crippen molar-refractivity contribution in [2.24, 2.45) is 0 Å². The predicted molar refractivity (Wildman–Crippen MR) is 114 cm³/mol. The van der Waals surface area contributed by atoms with E-state index in [1.54, 1.807) is 34.8 Å². The zero-order valence-corrected chi connectivity index (χ0v) is 17.4. The van der Waals surface area contributed by atoms with Crippen LogP contribution in [0.4, 0.5) is 10.5 Å². The molecule has 0 aliphatic rings. The molecule has 0 saturated heterocycles. The van der Waals surface area contributed by atoms with Crippen molar-refractivity contribution in [1.82, 2.24) is 20.3 Å². The van der Waals surface area contributed by atoms with Gasteiger partial charge in [0, 0.05) is 29.1 Å². The van der Waals surface area contributed by atoms with Gasteiger partial charge in [-0.05, 0) is 25.5 Å². The van der Waals surface area contributed by atoms with Crippen molar-refractivity contribution in [3.63, 3.8) is 0 Å². The highest BCUT2D eigenvalue weighted by Gasteiger charge is 2.19. The maximum atomic E-state index is 12.8. The molecule has 0 atom stereocenters. The molecule has 1 aromatic carbocycles. The van der Waals surface area contributed by atoms with Gasteiger partial charge in [0.2, 0.25) is 0 Å². The van der Waals surface area contributed by atoms with Crippen LogP contribution in [0, 0.1) is 0 Å². The van der Waals surface area contributed by atoms with Gasteiger partial charge in [-0.2, -0.15) is 0 Å². The number of anilines is 1. The Labute approximate surface area is 169 Å². The van der Waals surface area contributed by atoms with E-state index in [-0.39, 0.29) is 18.0 Å². The van der Waals surface area contributed by atoms with Crippen LogP contribution in [0.2, 0.25) is 0 Å². The minimum absolute atomic E-state index is 0.0347. The lowest BCUT2D eigenvalue weighted by atomic mass is 10.1. The molecule has 0 fully saturated rings. The molecule has 0 bridgehead atoms. The molecule has 3 aromatic rings. The van der Waals surface area contributed by atoms with Crippen molar-refractivity contribution >= 4 is 23.1 Å². The minimum Gasteiger partial charge on any atom is -0.336 e. The van der Waals surface area contributed by atoms with Crippen LogP contribution >= 0.6 is 11.3 Å². The van der Waals surface area contributed by atoms with Gasteiger partial charge in [-0.3, -0.25) is 4.90 Å². The fraction of sp³-hybridized carbons (Fsp3) is 0.333. The minimum atomic E-state index is -0.171. The number of thiazole rings is 1. The Kier molecular flexibility index (Phi) is 6.36. The van der Waals surface area contributed by atoms with E-state index in [1.807, 2.05) is 51.3 Å². The Balaban J connectivity index is 1.89. The first kappa shape index (κ1) is 19.9. The average Bonchev–Trinajstić information content (AvgIpc) is 3.21. The molecule has 2 aromatic heterocycles. The molecule has 2 amide bonds. The van der Waals surface area contributed by atoms with Crippen LogP contribution in [0.1, 0.15) is 45.0 Å². The van der Waals surface area contributed by atoms with E-state index in [0.29, 0.717) is 12.2 Å². The molecule has 0 aliphatic carbocycles. The van der Waals surface area contributed by atoms with Crippen molar-refractivity contribution in [2.75, 3.05) is 4.90 Å². The summed E-state index contributed by atoms with van der Waals surface area (Å²) in [5, 5.41) is 5.88. The largest absolute Gasteiger partial charge is 0.336 e. The van der Waals surface area contributed by atoms with E-state index in [4.69, 9.17) is 0 Å². The van der Waals surface area contributed by atoms with Crippen LogP contribution in [0.25, 0.3) is 10.6 Å². The molecule has 0 aliphatic heterocycles. The van der Waals surface area contributed by atoms with Crippen LogP contribution in [-0.2, 0) is 6.54 Å². The second kappa shape index (κ2) is 8.93. The summed E-state index contributed by atoms with van der Waals surface area (Å²) >= 11 is 1.59. The number of nitrogens with zero attached hydrogens (tertiary/aromatic N) is 4. The molecule has 0 spiro atoms. The Morgan fingerprint density at radius 2 is 1.89 bits per heavy atom. The lowest BCUT2D eigenvalue weighted by molar-refractivity contribution is 0.243. The molecule has 6 nitrogen and oxygen atoms in total. The summed E-state index contributed by atoms with van der Waals surface area (Å²) < 4.78 is 0. The van der Waals surface area contributed by atoms with E-state index >= 15 is 0 Å². The number of hydrogen-bond acceptors (Lipinski definition) is 5. The number of amides is 2. The third-order valence-corrected chi connectivity index (χ3v) is 4.91. The quantitative estimate of drug-likeness (QED) is 0.648. The van der Waals surface area contributed by atoms with Gasteiger partial charge in [0.05, 0.1) is 24.6 Å². The summed E-state index contributed by atoms with van der Waals surface area (Å²) in [6.07, 6.45) is 5.22. The van der Waals surface area contributed by atoms with E-state index in [0.717, 1.165) is 22.0 Å². The van der Waals surface area contributed by atoms with Gasteiger partial charge in [-0.15, -0.1) is 11.3 Å². The third-order valence-electron chi connectivity index (χ3n) is 4.09. The molecule has 7 heteroatoms. The molecule has 3 rings (SSSR count). The maximum absolute atomic E-state index is 12.8. The number of carbonyl (C=O) groups is 1. The van der Waals surface area contributed by atoms with Crippen molar-refractivity contribution in [1.29, 1.82) is 0 Å². The fourth-order valence-corrected chi connectivity index (χ4v) is 3.36. The van der Waals surface area contributed by atoms with Crippen molar-refractivity contribution < 1.29 is 4.79 Å². The van der Waals surface area contributed by atoms with Crippen LogP contribution in [0.5, 0.6) is 0 Å². The van der Waals surface area contributed by atoms with Crippen molar-refractivity contribution in [3.05, 3.63) is 59.6 Å². The summed E-state index contributed by atoms with van der Waals surface area (Å²) in [5.74, 6) is 1.00. The summed E-state index contributed by atoms with van der Waals surface area (Å²) in [6, 6.07) is 7.96. The normalized spacial score (nSPS) is 11.1. The highest BCUT2D eigenvalue weighted by Crippen LogP contribution is 2.24. The summed E-state index contributed by atoms with van der Waals surface area (Å²) in [6.45, 7) is 8.39. The number of urea groups is 1. The number of benzene rings is 1. The zero-order valence-electron chi connectivity index (χ0n) is 16.6. The first-order valence-corrected chi connectivity index (χ1v) is 10.2. The Morgan fingerprint density at radius 1 is 1.14 bits per heavy atom. The van der Waals surface area contributed by atoms with Gasteiger partial charge in [0.25, 0.3) is 0 Å². The Bertz CT molecular complexity index is 907. The molecule has 0 radical (unpaired) electrons. The van der Waals surface area contributed by atoms with E-state index in [1.165, 1.54) is 0 Å². The van der Waals surface area contributed by atoms with Gasteiger partial charge < -0.3 is 5.32 Å². The number of carbonyl (C=O) groups excluding carboxylic acids is 1. The second-order valence-electron chi connectivity index (χ2n) is 7.18. The molecule has 146 valence electrons. The lowest BCUT2D eigenvalue weighted by Gasteiger charge is -2.24. The van der Waals surface area contributed by atoms with Gasteiger partial charge in [-0.1, -0.05) is 32.0 Å². The second-order valence-corrected chi connectivity index (χ2v) is 8.08. The van der Waals surface area contributed by atoms with Gasteiger partial charge in [0.15, 0.2) is 0 Å². The van der Waals surface area contributed by atoms with Crippen LogP contribution in [-0.4, -0.2) is 27.0 Å². The van der Waals surface area contributed by atoms with Gasteiger partial charge >= 0.3 is 6.03 Å². The van der Waals surface area contributed by atoms with Gasteiger partial charge in [-0.25, -0.2) is 19.7 Å². The third kappa shape index (κ3) is 4.92. The summed E-state index contributed by atoms with van der Waals surface area (Å²) in [7, 11) is 0. The number of nitrogens with one attached hydrogen (secondary N) is 1. The fourth-order valence-electron chi connectivity index (χ4n) is 2.73. The van der Waals surface area contributed by atoms with Crippen LogP contribution in [0.15, 0.2) is 48.2 Å². The molecule has 2 heterocycles. The zero-order chi connectivity index (χ0) is 20.1. The molecule has 1 N–H and O–H groups in total. The highest BCUT2D eigenvalue weighted by molar-refractivity contribution is 7.13. The topological polar surface area (TPSA) is 71.0 Å². The average molecular weight is 396 g/mol. The molecule has 28 heavy (non-hydrogen) atoms. The first-order chi connectivity index (χ1) is 13.4. The number of rotatable bonds is 6. The number of hydrogen-bond donors (Lipinski definition) is 1.